The first kappa shape index (κ1) is 10.7. The topological polar surface area (TPSA) is 0 Å². The van der Waals surface area contributed by atoms with E-state index in [-0.39, 0.29) is 0 Å². The summed E-state index contributed by atoms with van der Waals surface area (Å²) in [5.74, 6) is 1.63. The Labute approximate surface area is 71.7 Å². The van der Waals surface area contributed by atoms with Crippen molar-refractivity contribution in [3.8, 4) is 0 Å². The van der Waals surface area contributed by atoms with Crippen LogP contribution in [0.15, 0.2) is 11.6 Å². The normalized spacial score (nSPS) is 15.7. The molecule has 0 fully saturated rings. The third kappa shape index (κ3) is 6.15. The predicted octanol–water partition coefficient (Wildman–Crippen LogP) is 4.02. The van der Waals surface area contributed by atoms with Crippen LogP contribution in [0.1, 0.15) is 47.5 Å². The predicted molar refractivity (Wildman–Crippen MR) is 52.7 cm³/mol. The van der Waals surface area contributed by atoms with Gasteiger partial charge >= 0.3 is 0 Å². The van der Waals surface area contributed by atoms with Crippen LogP contribution in [-0.4, -0.2) is 0 Å². The van der Waals surface area contributed by atoms with E-state index in [1.54, 1.807) is 0 Å². The van der Waals surface area contributed by atoms with Crippen LogP contribution in [0.2, 0.25) is 0 Å². The zero-order valence-electron chi connectivity index (χ0n) is 8.65. The molecule has 11 heavy (non-hydrogen) atoms. The SMILES string of the molecule is CC[C@H](C)C[C@@H](C)C=C(C)C. The molecule has 0 nitrogen and oxygen atoms in total. The number of allylic oxidation sites excluding steroid dienone is 2. The van der Waals surface area contributed by atoms with E-state index in [0.29, 0.717) is 0 Å². The quantitative estimate of drug-likeness (QED) is 0.536. The lowest BCUT2D eigenvalue weighted by Gasteiger charge is -2.12. The fraction of sp³-hybridized carbons (Fsp3) is 0.818. The van der Waals surface area contributed by atoms with Crippen LogP contribution in [0.4, 0.5) is 0 Å². The van der Waals surface area contributed by atoms with E-state index < -0.39 is 0 Å². The Morgan fingerprint density at radius 1 is 1.27 bits per heavy atom. The largest absolute Gasteiger partial charge is 0.0830 e. The number of hydrogen-bond acceptors (Lipinski definition) is 0. The minimum absolute atomic E-state index is 0.759. The zero-order chi connectivity index (χ0) is 8.85. The molecule has 0 aliphatic heterocycles. The second-order valence-electron chi connectivity index (χ2n) is 3.97. The van der Waals surface area contributed by atoms with Crippen molar-refractivity contribution in [2.24, 2.45) is 11.8 Å². The van der Waals surface area contributed by atoms with Crippen LogP contribution in [0, 0.1) is 11.8 Å². The van der Waals surface area contributed by atoms with Gasteiger partial charge in [0, 0.05) is 0 Å². The third-order valence-electron chi connectivity index (χ3n) is 2.09. The molecular weight excluding hydrogens is 132 g/mol. The van der Waals surface area contributed by atoms with Gasteiger partial charge in [0.2, 0.25) is 0 Å². The van der Waals surface area contributed by atoms with E-state index in [4.69, 9.17) is 0 Å². The summed E-state index contributed by atoms with van der Waals surface area (Å²) < 4.78 is 0. The summed E-state index contributed by atoms with van der Waals surface area (Å²) in [5.41, 5.74) is 1.45. The van der Waals surface area contributed by atoms with Crippen molar-refractivity contribution >= 4 is 0 Å². The van der Waals surface area contributed by atoms with Gasteiger partial charge in [0.25, 0.3) is 0 Å². The highest BCUT2D eigenvalue weighted by Crippen LogP contribution is 2.16. The van der Waals surface area contributed by atoms with Gasteiger partial charge in [-0.25, -0.2) is 0 Å². The second-order valence-corrected chi connectivity index (χ2v) is 3.97. The van der Waals surface area contributed by atoms with E-state index >= 15 is 0 Å². The van der Waals surface area contributed by atoms with Crippen LogP contribution in [0.3, 0.4) is 0 Å². The average molecular weight is 154 g/mol. The Bertz CT molecular complexity index is 118. The lowest BCUT2D eigenvalue weighted by Crippen LogP contribution is -1.99. The third-order valence-corrected chi connectivity index (χ3v) is 2.09. The molecule has 0 aromatic heterocycles. The first-order valence-electron chi connectivity index (χ1n) is 4.71. The first-order chi connectivity index (χ1) is 5.06. The summed E-state index contributed by atoms with van der Waals surface area (Å²) in [7, 11) is 0. The van der Waals surface area contributed by atoms with Crippen molar-refractivity contribution in [1.29, 1.82) is 0 Å². The van der Waals surface area contributed by atoms with Crippen molar-refractivity contribution in [1.82, 2.24) is 0 Å². The van der Waals surface area contributed by atoms with Crippen LogP contribution >= 0.6 is 0 Å². The molecule has 0 saturated heterocycles. The highest BCUT2D eigenvalue weighted by atomic mass is 14.1. The standard InChI is InChI=1S/C11H22/c1-6-10(4)8-11(5)7-9(2)3/h7,10-11H,6,8H2,1-5H3/t10-,11-/m0/s1. The number of hydrogen-bond donors (Lipinski definition) is 0. The van der Waals surface area contributed by atoms with E-state index in [1.807, 2.05) is 0 Å². The van der Waals surface area contributed by atoms with Gasteiger partial charge in [0.1, 0.15) is 0 Å². The molecule has 66 valence electrons. The molecule has 2 atom stereocenters. The summed E-state index contributed by atoms with van der Waals surface area (Å²) in [6.45, 7) is 11.2. The van der Waals surface area contributed by atoms with Gasteiger partial charge < -0.3 is 0 Å². The fourth-order valence-corrected chi connectivity index (χ4v) is 1.44. The summed E-state index contributed by atoms with van der Waals surface area (Å²) >= 11 is 0. The van der Waals surface area contributed by atoms with Crippen LogP contribution < -0.4 is 0 Å². The van der Waals surface area contributed by atoms with E-state index in [9.17, 15) is 0 Å². The second kappa shape index (κ2) is 5.40. The Balaban J connectivity index is 3.69. The molecule has 0 radical (unpaired) electrons. The molecule has 0 aromatic rings. The summed E-state index contributed by atoms with van der Waals surface area (Å²) in [4.78, 5) is 0. The van der Waals surface area contributed by atoms with Crippen LogP contribution in [-0.2, 0) is 0 Å². The molecule has 0 amide bonds. The van der Waals surface area contributed by atoms with Crippen molar-refractivity contribution < 1.29 is 0 Å². The molecule has 0 aromatic carbocycles. The van der Waals surface area contributed by atoms with Crippen molar-refractivity contribution in [3.63, 3.8) is 0 Å². The Morgan fingerprint density at radius 3 is 2.18 bits per heavy atom. The van der Waals surface area contributed by atoms with Crippen molar-refractivity contribution in [2.45, 2.75) is 47.5 Å². The maximum Gasteiger partial charge on any atom is -0.0257 e. The maximum absolute atomic E-state index is 2.37. The fourth-order valence-electron chi connectivity index (χ4n) is 1.44. The van der Waals surface area contributed by atoms with E-state index in [0.717, 1.165) is 11.8 Å². The number of rotatable bonds is 4. The molecule has 0 bridgehead atoms. The highest BCUT2D eigenvalue weighted by Gasteiger charge is 2.03. The lowest BCUT2D eigenvalue weighted by molar-refractivity contribution is 0.454. The van der Waals surface area contributed by atoms with Crippen molar-refractivity contribution in [3.05, 3.63) is 11.6 Å². The maximum atomic E-state index is 2.37. The summed E-state index contributed by atoms with van der Waals surface area (Å²) in [5, 5.41) is 0. The van der Waals surface area contributed by atoms with Gasteiger partial charge in [-0.3, -0.25) is 0 Å². The van der Waals surface area contributed by atoms with Crippen LogP contribution in [0.25, 0.3) is 0 Å². The Hall–Kier alpha value is -0.260. The molecular formula is C11H22. The Kier molecular flexibility index (Phi) is 5.27. The minimum Gasteiger partial charge on any atom is -0.0830 e. The average Bonchev–Trinajstić information content (AvgIpc) is 1.85. The molecule has 0 spiro atoms. The summed E-state index contributed by atoms with van der Waals surface area (Å²) in [6, 6.07) is 0. The van der Waals surface area contributed by atoms with Gasteiger partial charge in [-0.05, 0) is 32.1 Å². The lowest BCUT2D eigenvalue weighted by atomic mass is 9.94. The zero-order valence-corrected chi connectivity index (χ0v) is 8.65. The van der Waals surface area contributed by atoms with Gasteiger partial charge in [-0.2, -0.15) is 0 Å². The highest BCUT2D eigenvalue weighted by molar-refractivity contribution is 4.96. The molecule has 0 rings (SSSR count). The van der Waals surface area contributed by atoms with Gasteiger partial charge in [-0.1, -0.05) is 38.8 Å². The van der Waals surface area contributed by atoms with Crippen molar-refractivity contribution in [2.75, 3.05) is 0 Å². The molecule has 0 unspecified atom stereocenters. The molecule has 0 aliphatic carbocycles. The van der Waals surface area contributed by atoms with Gasteiger partial charge in [0.05, 0.1) is 0 Å². The molecule has 0 aliphatic rings. The molecule has 0 saturated carbocycles. The van der Waals surface area contributed by atoms with Gasteiger partial charge in [0.15, 0.2) is 0 Å². The van der Waals surface area contributed by atoms with Gasteiger partial charge in [-0.15, -0.1) is 0 Å². The van der Waals surface area contributed by atoms with Crippen LogP contribution in [0.5, 0.6) is 0 Å². The molecule has 0 heteroatoms. The van der Waals surface area contributed by atoms with E-state index in [2.05, 4.69) is 40.7 Å². The minimum atomic E-state index is 0.759. The monoisotopic (exact) mass is 154 g/mol. The van der Waals surface area contributed by atoms with E-state index in [1.165, 1.54) is 18.4 Å². The first-order valence-corrected chi connectivity index (χ1v) is 4.71. The Morgan fingerprint density at radius 2 is 1.82 bits per heavy atom. The molecule has 0 N–H and O–H groups in total. The molecule has 0 heterocycles. The smallest absolute Gasteiger partial charge is 0.0257 e. The summed E-state index contributed by atoms with van der Waals surface area (Å²) in [6.07, 6.45) is 5.01.